The molecule has 7 heteroatoms. The highest BCUT2D eigenvalue weighted by atomic mass is 32.1. The van der Waals surface area contributed by atoms with E-state index in [2.05, 4.69) is 15.4 Å². The molecule has 22 heavy (non-hydrogen) atoms. The quantitative estimate of drug-likeness (QED) is 0.281. The van der Waals surface area contributed by atoms with Crippen LogP contribution in [0.15, 0.2) is 29.4 Å². The molecule has 0 aliphatic carbocycles. The second-order valence-corrected chi connectivity index (χ2v) is 5.44. The first-order chi connectivity index (χ1) is 10.7. The zero-order chi connectivity index (χ0) is 15.8. The zero-order valence-electron chi connectivity index (χ0n) is 12.3. The maximum Gasteiger partial charge on any atom is 0.184 e. The molecule has 6 nitrogen and oxygen atoms in total. The molecule has 1 aliphatic rings. The first kappa shape index (κ1) is 16.2. The van der Waals surface area contributed by atoms with E-state index in [1.807, 2.05) is 6.07 Å². The third kappa shape index (κ3) is 4.70. The van der Waals surface area contributed by atoms with Crippen LogP contribution in [0.1, 0.15) is 29.6 Å². The molecule has 1 fully saturated rings. The van der Waals surface area contributed by atoms with Crippen LogP contribution >= 0.6 is 12.2 Å². The molecule has 0 unspecified atom stereocenters. The topological polar surface area (TPSA) is 80.0 Å². The van der Waals surface area contributed by atoms with Gasteiger partial charge in [0, 0.05) is 13.1 Å². The summed E-state index contributed by atoms with van der Waals surface area (Å²) in [6.45, 7) is 2.10. The number of hydrogen-bond acceptors (Lipinski definition) is 4. The van der Waals surface area contributed by atoms with Crippen LogP contribution in [0.2, 0.25) is 0 Å². The Labute approximate surface area is 135 Å². The van der Waals surface area contributed by atoms with Gasteiger partial charge in [0.25, 0.3) is 0 Å². The molecule has 0 radical (unpaired) electrons. The van der Waals surface area contributed by atoms with Crippen molar-refractivity contribution in [2.75, 3.05) is 19.7 Å². The van der Waals surface area contributed by atoms with Crippen molar-refractivity contribution in [2.45, 2.75) is 19.3 Å². The fourth-order valence-corrected chi connectivity index (χ4v) is 2.36. The molecule has 1 heterocycles. The van der Waals surface area contributed by atoms with Gasteiger partial charge in [-0.25, -0.2) is 0 Å². The van der Waals surface area contributed by atoms with Crippen LogP contribution in [0, 0.1) is 0 Å². The standard InChI is InChI=1S/C15H20N4O2S/c16-15(22)18-17-14(19-8-4-1-5-9-19)11-21-13-7-3-2-6-12(13)10-20/h2-3,6-7,10H,1,4-5,8-9,11H2,(H3,16,18,22)/b17-14+. The Morgan fingerprint density at radius 3 is 2.77 bits per heavy atom. The van der Waals surface area contributed by atoms with Gasteiger partial charge >= 0.3 is 0 Å². The van der Waals surface area contributed by atoms with Gasteiger partial charge in [-0.05, 0) is 43.6 Å². The molecule has 1 aromatic rings. The molecule has 0 bridgehead atoms. The summed E-state index contributed by atoms with van der Waals surface area (Å²) in [7, 11) is 0. The first-order valence-electron chi connectivity index (χ1n) is 7.24. The fourth-order valence-electron chi connectivity index (χ4n) is 2.32. The lowest BCUT2D eigenvalue weighted by molar-refractivity contribution is 0.112. The molecule has 1 aromatic carbocycles. The molecule has 1 aliphatic heterocycles. The van der Waals surface area contributed by atoms with E-state index in [4.69, 9.17) is 22.7 Å². The zero-order valence-corrected chi connectivity index (χ0v) is 13.1. The number of carbonyl (C=O) groups is 1. The summed E-state index contributed by atoms with van der Waals surface area (Å²) < 4.78 is 5.75. The molecule has 2 rings (SSSR count). The van der Waals surface area contributed by atoms with E-state index in [0.29, 0.717) is 11.3 Å². The third-order valence-corrected chi connectivity index (χ3v) is 3.51. The van der Waals surface area contributed by atoms with Gasteiger partial charge in [-0.15, -0.1) is 0 Å². The minimum absolute atomic E-state index is 0.114. The molecule has 118 valence electrons. The number of piperidine rings is 1. The van der Waals surface area contributed by atoms with Gasteiger partial charge in [0.1, 0.15) is 12.4 Å². The van der Waals surface area contributed by atoms with Crippen molar-refractivity contribution in [1.82, 2.24) is 10.3 Å². The number of thiocarbonyl (C=S) groups is 1. The lowest BCUT2D eigenvalue weighted by Gasteiger charge is -2.29. The lowest BCUT2D eigenvalue weighted by Crippen LogP contribution is -2.41. The van der Waals surface area contributed by atoms with Crippen LogP contribution in [-0.4, -0.2) is 41.8 Å². The van der Waals surface area contributed by atoms with Crippen molar-refractivity contribution in [3.8, 4) is 5.75 Å². The van der Waals surface area contributed by atoms with Crippen molar-refractivity contribution in [3.05, 3.63) is 29.8 Å². The number of nitrogens with one attached hydrogen (secondary N) is 1. The van der Waals surface area contributed by atoms with Gasteiger partial charge in [-0.2, -0.15) is 5.10 Å². The third-order valence-electron chi connectivity index (χ3n) is 3.42. The monoisotopic (exact) mass is 320 g/mol. The number of likely N-dealkylation sites (tertiary alicyclic amines) is 1. The number of rotatable bonds is 5. The van der Waals surface area contributed by atoms with E-state index in [0.717, 1.165) is 38.1 Å². The number of hydrogen-bond donors (Lipinski definition) is 2. The highest BCUT2D eigenvalue weighted by Gasteiger charge is 2.16. The van der Waals surface area contributed by atoms with E-state index in [9.17, 15) is 4.79 Å². The number of hydrazone groups is 1. The van der Waals surface area contributed by atoms with Crippen LogP contribution in [-0.2, 0) is 0 Å². The highest BCUT2D eigenvalue weighted by Crippen LogP contribution is 2.16. The van der Waals surface area contributed by atoms with Crippen molar-refractivity contribution >= 4 is 29.5 Å². The van der Waals surface area contributed by atoms with Crippen LogP contribution in [0.25, 0.3) is 0 Å². The normalized spacial score (nSPS) is 15.3. The van der Waals surface area contributed by atoms with Gasteiger partial charge in [-0.1, -0.05) is 12.1 Å². The maximum atomic E-state index is 11.0. The number of ether oxygens (including phenoxy) is 1. The molecular weight excluding hydrogens is 300 g/mol. The van der Waals surface area contributed by atoms with Gasteiger partial charge in [0.05, 0.1) is 5.56 Å². The summed E-state index contributed by atoms with van der Waals surface area (Å²) in [6.07, 6.45) is 4.25. The summed E-state index contributed by atoms with van der Waals surface area (Å²) in [5, 5.41) is 4.34. The highest BCUT2D eigenvalue weighted by molar-refractivity contribution is 7.80. The van der Waals surface area contributed by atoms with E-state index in [1.54, 1.807) is 18.2 Å². The van der Waals surface area contributed by atoms with Gasteiger partial charge in [0.2, 0.25) is 0 Å². The summed E-state index contributed by atoms with van der Waals surface area (Å²) in [5.41, 5.74) is 8.56. The average molecular weight is 320 g/mol. The summed E-state index contributed by atoms with van der Waals surface area (Å²) in [4.78, 5) is 13.2. The Morgan fingerprint density at radius 2 is 2.09 bits per heavy atom. The molecular formula is C15H20N4O2S. The van der Waals surface area contributed by atoms with E-state index < -0.39 is 0 Å². The summed E-state index contributed by atoms with van der Waals surface area (Å²) in [5.74, 6) is 1.27. The van der Waals surface area contributed by atoms with Crippen molar-refractivity contribution in [2.24, 2.45) is 10.8 Å². The largest absolute Gasteiger partial charge is 0.485 e. The fraction of sp³-hybridized carbons (Fsp3) is 0.400. The van der Waals surface area contributed by atoms with Gasteiger partial charge in [0.15, 0.2) is 17.2 Å². The Morgan fingerprint density at radius 1 is 1.36 bits per heavy atom. The van der Waals surface area contributed by atoms with Crippen molar-refractivity contribution in [3.63, 3.8) is 0 Å². The Kier molecular flexibility index (Phi) is 6.14. The lowest BCUT2D eigenvalue weighted by atomic mass is 10.1. The molecule has 1 saturated heterocycles. The van der Waals surface area contributed by atoms with Crippen LogP contribution in [0.3, 0.4) is 0 Å². The van der Waals surface area contributed by atoms with E-state index in [1.165, 1.54) is 6.42 Å². The molecule has 0 amide bonds. The van der Waals surface area contributed by atoms with Crippen LogP contribution in [0.4, 0.5) is 0 Å². The second kappa shape index (κ2) is 8.33. The minimum Gasteiger partial charge on any atom is -0.485 e. The van der Waals surface area contributed by atoms with Gasteiger partial charge < -0.3 is 15.4 Å². The van der Waals surface area contributed by atoms with Crippen molar-refractivity contribution in [1.29, 1.82) is 0 Å². The summed E-state index contributed by atoms with van der Waals surface area (Å²) >= 11 is 4.79. The predicted molar refractivity (Wildman–Crippen MR) is 90.1 cm³/mol. The van der Waals surface area contributed by atoms with E-state index in [-0.39, 0.29) is 11.7 Å². The second-order valence-electron chi connectivity index (χ2n) is 5.00. The smallest absolute Gasteiger partial charge is 0.184 e. The first-order valence-corrected chi connectivity index (χ1v) is 7.65. The Balaban J connectivity index is 2.06. The number of nitrogens with two attached hydrogens (primary N) is 1. The number of carbonyl (C=O) groups excluding carboxylic acids is 1. The van der Waals surface area contributed by atoms with Gasteiger partial charge in [-0.3, -0.25) is 10.2 Å². The maximum absolute atomic E-state index is 11.0. The predicted octanol–water partition coefficient (Wildman–Crippen LogP) is 1.51. The molecule has 0 saturated carbocycles. The van der Waals surface area contributed by atoms with Crippen molar-refractivity contribution < 1.29 is 9.53 Å². The number of aldehydes is 1. The van der Waals surface area contributed by atoms with Crippen LogP contribution < -0.4 is 15.9 Å². The number of para-hydroxylation sites is 1. The van der Waals surface area contributed by atoms with Crippen LogP contribution in [0.5, 0.6) is 5.75 Å². The molecule has 0 spiro atoms. The number of nitrogens with zero attached hydrogens (tertiary/aromatic N) is 2. The number of benzene rings is 1. The average Bonchev–Trinajstić information content (AvgIpc) is 2.55. The number of amidine groups is 1. The Bertz CT molecular complexity index is 556. The minimum atomic E-state index is 0.114. The SMILES string of the molecule is NC(=S)N/N=C(\COc1ccccc1C=O)N1CCCCC1. The van der Waals surface area contributed by atoms with E-state index >= 15 is 0 Å². The summed E-state index contributed by atoms with van der Waals surface area (Å²) in [6, 6.07) is 7.10. The Hall–Kier alpha value is -2.15. The molecule has 0 atom stereocenters. The molecule has 0 aromatic heterocycles. The molecule has 3 N–H and O–H groups in total.